The summed E-state index contributed by atoms with van der Waals surface area (Å²) in [7, 11) is -1.13. The third-order valence-corrected chi connectivity index (χ3v) is 6.86. The van der Waals surface area contributed by atoms with Crippen molar-refractivity contribution in [3.63, 3.8) is 0 Å². The third kappa shape index (κ3) is 3.67. The molecule has 0 bridgehead atoms. The van der Waals surface area contributed by atoms with Crippen LogP contribution in [-0.2, 0) is 17.3 Å². The Balaban J connectivity index is 1.75. The lowest BCUT2D eigenvalue weighted by Crippen LogP contribution is -1.91. The number of thiophene rings is 1. The Hall–Kier alpha value is -1.40. The van der Waals surface area contributed by atoms with Crippen LogP contribution in [0.4, 0.5) is 0 Å². The molecule has 1 heterocycles. The number of hydrogen-bond acceptors (Lipinski definition) is 4. The van der Waals surface area contributed by atoms with E-state index in [0.717, 1.165) is 18.9 Å². The van der Waals surface area contributed by atoms with Crippen LogP contribution < -0.4 is 5.73 Å². The van der Waals surface area contributed by atoms with E-state index in [-0.39, 0.29) is 0 Å². The highest BCUT2D eigenvalue weighted by molar-refractivity contribution is 7.99. The van der Waals surface area contributed by atoms with Crippen molar-refractivity contribution < 1.29 is 4.21 Å². The lowest BCUT2D eigenvalue weighted by Gasteiger charge is -2.03. The molecule has 0 fully saturated rings. The Morgan fingerprint density at radius 2 is 1.59 bits per heavy atom. The Morgan fingerprint density at radius 3 is 2.23 bits per heavy atom. The quantitative estimate of drug-likeness (QED) is 0.739. The predicted octanol–water partition coefficient (Wildman–Crippen LogP) is 4.52. The van der Waals surface area contributed by atoms with Crippen LogP contribution in [0.2, 0.25) is 0 Å². The van der Waals surface area contributed by atoms with Crippen molar-refractivity contribution in [1.82, 2.24) is 0 Å². The van der Waals surface area contributed by atoms with Gasteiger partial charge in [0, 0.05) is 26.1 Å². The Kier molecular flexibility index (Phi) is 5.10. The summed E-state index contributed by atoms with van der Waals surface area (Å²) in [6, 6.07) is 22.0. The zero-order valence-corrected chi connectivity index (χ0v) is 14.2. The molecule has 0 saturated heterocycles. The second-order valence-electron chi connectivity index (χ2n) is 4.58. The maximum atomic E-state index is 12.5. The second kappa shape index (κ2) is 7.24. The van der Waals surface area contributed by atoms with Gasteiger partial charge in [0.05, 0.1) is 15.0 Å². The highest BCUT2D eigenvalue weighted by atomic mass is 32.2. The lowest BCUT2D eigenvalue weighted by molar-refractivity contribution is 0.684. The van der Waals surface area contributed by atoms with Crippen molar-refractivity contribution >= 4 is 33.9 Å². The maximum Gasteiger partial charge on any atom is 0.0963 e. The summed E-state index contributed by atoms with van der Waals surface area (Å²) in [4.78, 5) is 4.21. The molecule has 1 aromatic heterocycles. The molecule has 0 aliphatic rings. The van der Waals surface area contributed by atoms with Gasteiger partial charge in [-0.25, -0.2) is 4.21 Å². The van der Waals surface area contributed by atoms with Gasteiger partial charge in [-0.1, -0.05) is 30.0 Å². The average molecular weight is 346 g/mol. The van der Waals surface area contributed by atoms with E-state index in [2.05, 4.69) is 12.1 Å². The molecule has 0 spiro atoms. The first kappa shape index (κ1) is 15.5. The molecule has 0 amide bonds. The van der Waals surface area contributed by atoms with Gasteiger partial charge in [-0.15, -0.1) is 11.3 Å². The largest absolute Gasteiger partial charge is 0.326 e. The van der Waals surface area contributed by atoms with Crippen LogP contribution in [0, 0.1) is 0 Å². The molecule has 3 rings (SSSR count). The summed E-state index contributed by atoms with van der Waals surface area (Å²) in [6.45, 7) is 0.495. The Labute approximate surface area is 140 Å². The number of nitrogens with two attached hydrogens (primary N) is 1. The number of rotatable bonds is 5. The topological polar surface area (TPSA) is 43.1 Å². The van der Waals surface area contributed by atoms with Crippen molar-refractivity contribution in [1.29, 1.82) is 0 Å². The molecule has 3 aromatic rings. The summed E-state index contributed by atoms with van der Waals surface area (Å²) in [6.07, 6.45) is 0. The molecule has 0 aliphatic heterocycles. The molecule has 5 heteroatoms. The van der Waals surface area contributed by atoms with E-state index < -0.39 is 10.8 Å². The minimum absolute atomic E-state index is 0.495. The molecule has 0 radical (unpaired) electrons. The van der Waals surface area contributed by atoms with Crippen LogP contribution in [0.15, 0.2) is 85.6 Å². The molecule has 112 valence electrons. The van der Waals surface area contributed by atoms with Crippen molar-refractivity contribution in [2.45, 2.75) is 25.4 Å². The molecule has 2 aromatic carbocycles. The molecular weight excluding hydrogens is 330 g/mol. The van der Waals surface area contributed by atoms with Crippen molar-refractivity contribution in [3.8, 4) is 0 Å². The van der Waals surface area contributed by atoms with Gasteiger partial charge in [0.15, 0.2) is 0 Å². The minimum atomic E-state index is -1.13. The average Bonchev–Trinajstić information content (AvgIpc) is 3.05. The van der Waals surface area contributed by atoms with Gasteiger partial charge in [-0.05, 0) is 48.5 Å². The SMILES string of the molecule is NCc1ccc(S(=O)c2ccc(Sc3ccccc3)cc2)s1. The zero-order valence-electron chi connectivity index (χ0n) is 11.8. The Morgan fingerprint density at radius 1 is 0.909 bits per heavy atom. The lowest BCUT2D eigenvalue weighted by atomic mass is 10.4. The van der Waals surface area contributed by atoms with Crippen LogP contribution in [0.1, 0.15) is 4.88 Å². The van der Waals surface area contributed by atoms with E-state index >= 15 is 0 Å². The summed E-state index contributed by atoms with van der Waals surface area (Å²) in [5.74, 6) is 0. The van der Waals surface area contributed by atoms with E-state index in [0.29, 0.717) is 6.54 Å². The van der Waals surface area contributed by atoms with Gasteiger partial charge in [0.1, 0.15) is 0 Å². The van der Waals surface area contributed by atoms with Gasteiger partial charge < -0.3 is 5.73 Å². The fourth-order valence-corrected chi connectivity index (χ4v) is 5.11. The summed E-state index contributed by atoms with van der Waals surface area (Å²) < 4.78 is 13.4. The maximum absolute atomic E-state index is 12.5. The first-order valence-electron chi connectivity index (χ1n) is 6.80. The van der Waals surface area contributed by atoms with E-state index in [4.69, 9.17) is 5.73 Å². The third-order valence-electron chi connectivity index (χ3n) is 3.04. The van der Waals surface area contributed by atoms with Crippen LogP contribution in [-0.4, -0.2) is 4.21 Å². The minimum Gasteiger partial charge on any atom is -0.326 e. The molecule has 0 saturated carbocycles. The molecule has 2 N–H and O–H groups in total. The molecule has 22 heavy (non-hydrogen) atoms. The molecule has 1 atom stereocenters. The van der Waals surface area contributed by atoms with Crippen LogP contribution in [0.25, 0.3) is 0 Å². The summed E-state index contributed by atoms with van der Waals surface area (Å²) in [5.41, 5.74) is 5.60. The van der Waals surface area contributed by atoms with Crippen LogP contribution >= 0.6 is 23.1 Å². The summed E-state index contributed by atoms with van der Waals surface area (Å²) >= 11 is 3.21. The van der Waals surface area contributed by atoms with Crippen LogP contribution in [0.3, 0.4) is 0 Å². The number of benzene rings is 2. The molecule has 1 unspecified atom stereocenters. The first-order valence-corrected chi connectivity index (χ1v) is 9.58. The van der Waals surface area contributed by atoms with Crippen molar-refractivity contribution in [2.75, 3.05) is 0 Å². The molecule has 2 nitrogen and oxygen atoms in total. The summed E-state index contributed by atoms with van der Waals surface area (Å²) in [5, 5.41) is 0. The highest BCUT2D eigenvalue weighted by Gasteiger charge is 2.10. The van der Waals surface area contributed by atoms with Gasteiger partial charge >= 0.3 is 0 Å². The van der Waals surface area contributed by atoms with E-state index in [1.54, 1.807) is 11.8 Å². The van der Waals surface area contributed by atoms with E-state index in [1.807, 2.05) is 54.6 Å². The smallest absolute Gasteiger partial charge is 0.0963 e. The second-order valence-corrected chi connectivity index (χ2v) is 8.60. The van der Waals surface area contributed by atoms with Gasteiger partial charge in [-0.3, -0.25) is 0 Å². The first-order chi connectivity index (χ1) is 10.8. The van der Waals surface area contributed by atoms with Gasteiger partial charge in [0.25, 0.3) is 0 Å². The van der Waals surface area contributed by atoms with E-state index in [1.165, 1.54) is 16.2 Å². The van der Waals surface area contributed by atoms with Crippen molar-refractivity contribution in [2.24, 2.45) is 5.73 Å². The fraction of sp³-hybridized carbons (Fsp3) is 0.0588. The zero-order chi connectivity index (χ0) is 15.4. The van der Waals surface area contributed by atoms with E-state index in [9.17, 15) is 4.21 Å². The van der Waals surface area contributed by atoms with Crippen LogP contribution in [0.5, 0.6) is 0 Å². The van der Waals surface area contributed by atoms with Gasteiger partial charge in [-0.2, -0.15) is 0 Å². The normalized spacial score (nSPS) is 12.2. The Bertz CT molecular complexity index is 766. The fourth-order valence-electron chi connectivity index (χ4n) is 1.94. The number of hydrogen-bond donors (Lipinski definition) is 1. The molecular formula is C17H15NOS3. The predicted molar refractivity (Wildman–Crippen MR) is 93.9 cm³/mol. The van der Waals surface area contributed by atoms with Gasteiger partial charge in [0.2, 0.25) is 0 Å². The van der Waals surface area contributed by atoms with Crippen molar-refractivity contribution in [3.05, 3.63) is 71.6 Å². The highest BCUT2D eigenvalue weighted by Crippen LogP contribution is 2.29. The standard InChI is InChI=1S/C17H15NOS3/c18-12-15-8-11-17(21-15)22(19)16-9-6-14(7-10-16)20-13-4-2-1-3-5-13/h1-11H,12,18H2. The molecule has 0 aliphatic carbocycles. The monoisotopic (exact) mass is 345 g/mol.